The van der Waals surface area contributed by atoms with E-state index in [0.29, 0.717) is 27.7 Å². The summed E-state index contributed by atoms with van der Waals surface area (Å²) >= 11 is 0. The molecule has 1 aromatic heterocycles. The molecule has 110 valence electrons. The fourth-order valence-corrected chi connectivity index (χ4v) is 2.33. The Labute approximate surface area is 125 Å². The Morgan fingerprint density at radius 3 is 2.45 bits per heavy atom. The van der Waals surface area contributed by atoms with Crippen molar-refractivity contribution in [2.24, 2.45) is 0 Å². The van der Waals surface area contributed by atoms with E-state index in [4.69, 9.17) is 4.42 Å². The van der Waals surface area contributed by atoms with Gasteiger partial charge in [0, 0.05) is 5.39 Å². The highest BCUT2D eigenvalue weighted by atomic mass is 16.6. The van der Waals surface area contributed by atoms with Crippen molar-refractivity contribution < 1.29 is 18.9 Å². The van der Waals surface area contributed by atoms with Gasteiger partial charge in [0.25, 0.3) is 0 Å². The van der Waals surface area contributed by atoms with Crippen molar-refractivity contribution in [3.63, 3.8) is 0 Å². The summed E-state index contributed by atoms with van der Waals surface area (Å²) in [6.45, 7) is 0. The molecule has 0 aliphatic rings. The standard InChI is InChI=1S/C16H11NO5/c1-21-16(18)11-8-6-10(7-9-11)14-12-4-2-3-5-13(12)22-15(14)17(19)20/h2-9H,1H3. The van der Waals surface area contributed by atoms with Crippen LogP contribution in [0.15, 0.2) is 52.9 Å². The third kappa shape index (κ3) is 2.20. The van der Waals surface area contributed by atoms with E-state index in [1.807, 2.05) is 0 Å². The second-order valence-corrected chi connectivity index (χ2v) is 4.60. The van der Waals surface area contributed by atoms with Crippen molar-refractivity contribution in [1.82, 2.24) is 0 Å². The maximum Gasteiger partial charge on any atom is 0.442 e. The van der Waals surface area contributed by atoms with Crippen LogP contribution in [-0.4, -0.2) is 18.0 Å². The van der Waals surface area contributed by atoms with Gasteiger partial charge in [0.05, 0.1) is 12.7 Å². The van der Waals surface area contributed by atoms with Gasteiger partial charge in [-0.1, -0.05) is 30.3 Å². The Morgan fingerprint density at radius 2 is 1.82 bits per heavy atom. The molecule has 6 heteroatoms. The van der Waals surface area contributed by atoms with E-state index in [1.165, 1.54) is 7.11 Å². The maximum absolute atomic E-state index is 11.4. The van der Waals surface area contributed by atoms with Gasteiger partial charge in [0.15, 0.2) is 0 Å². The summed E-state index contributed by atoms with van der Waals surface area (Å²) in [5.41, 5.74) is 1.82. The zero-order chi connectivity index (χ0) is 15.7. The van der Waals surface area contributed by atoms with Crippen LogP contribution in [0.1, 0.15) is 10.4 Å². The number of ether oxygens (including phenoxy) is 1. The predicted octanol–water partition coefficient (Wildman–Crippen LogP) is 3.79. The van der Waals surface area contributed by atoms with Crippen molar-refractivity contribution in [3.8, 4) is 11.1 Å². The van der Waals surface area contributed by atoms with Gasteiger partial charge in [-0.3, -0.25) is 10.1 Å². The molecule has 0 saturated heterocycles. The van der Waals surface area contributed by atoms with Crippen molar-refractivity contribution in [2.75, 3.05) is 7.11 Å². The molecule has 0 saturated carbocycles. The van der Waals surface area contributed by atoms with Crippen LogP contribution in [0.25, 0.3) is 22.1 Å². The first-order chi connectivity index (χ1) is 10.6. The number of carbonyl (C=O) groups is 1. The Hall–Kier alpha value is -3.15. The maximum atomic E-state index is 11.4. The lowest BCUT2D eigenvalue weighted by atomic mass is 10.0. The molecule has 0 fully saturated rings. The second-order valence-electron chi connectivity index (χ2n) is 4.60. The highest BCUT2D eigenvalue weighted by Gasteiger charge is 2.25. The van der Waals surface area contributed by atoms with E-state index in [0.717, 1.165) is 0 Å². The summed E-state index contributed by atoms with van der Waals surface area (Å²) in [4.78, 5) is 22.1. The van der Waals surface area contributed by atoms with Crippen LogP contribution in [0.3, 0.4) is 0 Å². The van der Waals surface area contributed by atoms with E-state index < -0.39 is 10.9 Å². The van der Waals surface area contributed by atoms with Crippen LogP contribution < -0.4 is 0 Å². The number of rotatable bonds is 3. The van der Waals surface area contributed by atoms with Crippen LogP contribution in [0.2, 0.25) is 0 Å². The lowest BCUT2D eigenvalue weighted by molar-refractivity contribution is -0.400. The normalized spacial score (nSPS) is 10.6. The van der Waals surface area contributed by atoms with Crippen LogP contribution >= 0.6 is 0 Å². The fourth-order valence-electron chi connectivity index (χ4n) is 2.33. The largest absolute Gasteiger partial charge is 0.465 e. The summed E-state index contributed by atoms with van der Waals surface area (Å²) in [5, 5.41) is 11.9. The predicted molar refractivity (Wildman–Crippen MR) is 79.6 cm³/mol. The third-order valence-corrected chi connectivity index (χ3v) is 3.34. The zero-order valence-corrected chi connectivity index (χ0v) is 11.6. The second kappa shape index (κ2) is 5.33. The van der Waals surface area contributed by atoms with Gasteiger partial charge in [-0.2, -0.15) is 0 Å². The van der Waals surface area contributed by atoms with Gasteiger partial charge in [0.1, 0.15) is 16.1 Å². The molecule has 0 N–H and O–H groups in total. The molecular formula is C16H11NO5. The van der Waals surface area contributed by atoms with E-state index in [9.17, 15) is 14.9 Å². The lowest BCUT2D eigenvalue weighted by Gasteiger charge is -2.01. The molecule has 3 aromatic rings. The van der Waals surface area contributed by atoms with Crippen LogP contribution in [-0.2, 0) is 4.74 Å². The molecule has 3 rings (SSSR count). The van der Waals surface area contributed by atoms with Gasteiger partial charge in [-0.25, -0.2) is 4.79 Å². The van der Waals surface area contributed by atoms with E-state index in [2.05, 4.69) is 4.74 Å². The van der Waals surface area contributed by atoms with Crippen molar-refractivity contribution in [2.45, 2.75) is 0 Å². The summed E-state index contributed by atoms with van der Waals surface area (Å²) in [7, 11) is 1.30. The van der Waals surface area contributed by atoms with Gasteiger partial charge >= 0.3 is 11.9 Å². The highest BCUT2D eigenvalue weighted by Crippen LogP contribution is 2.39. The number of nitro groups is 1. The number of nitrogens with zero attached hydrogens (tertiary/aromatic N) is 1. The van der Waals surface area contributed by atoms with Crippen molar-refractivity contribution in [1.29, 1.82) is 0 Å². The number of furan rings is 1. The Balaban J connectivity index is 2.18. The molecule has 0 amide bonds. The minimum Gasteiger partial charge on any atom is -0.465 e. The Kier molecular flexibility index (Phi) is 3.34. The van der Waals surface area contributed by atoms with Crippen molar-refractivity contribution >= 4 is 22.8 Å². The summed E-state index contributed by atoms with van der Waals surface area (Å²) < 4.78 is 9.96. The number of benzene rings is 2. The molecule has 1 heterocycles. The molecule has 0 aliphatic heterocycles. The average Bonchev–Trinajstić information content (AvgIpc) is 2.94. The molecule has 0 spiro atoms. The number of fused-ring (bicyclic) bond motifs is 1. The number of carbonyl (C=O) groups excluding carboxylic acids is 1. The monoisotopic (exact) mass is 297 g/mol. The Morgan fingerprint density at radius 1 is 1.14 bits per heavy atom. The Bertz CT molecular complexity index is 864. The summed E-state index contributed by atoms with van der Waals surface area (Å²) in [6, 6.07) is 13.4. The summed E-state index contributed by atoms with van der Waals surface area (Å²) in [6.07, 6.45) is 0. The first kappa shape index (κ1) is 13.8. The van der Waals surface area contributed by atoms with Crippen LogP contribution in [0, 0.1) is 10.1 Å². The molecule has 0 unspecified atom stereocenters. The first-order valence-corrected chi connectivity index (χ1v) is 6.46. The highest BCUT2D eigenvalue weighted by molar-refractivity contribution is 5.99. The molecule has 6 nitrogen and oxygen atoms in total. The summed E-state index contributed by atoms with van der Waals surface area (Å²) in [5.74, 6) is -0.773. The van der Waals surface area contributed by atoms with E-state index in [-0.39, 0.29) is 5.88 Å². The topological polar surface area (TPSA) is 82.6 Å². The molecule has 2 aromatic carbocycles. The number of esters is 1. The first-order valence-electron chi connectivity index (χ1n) is 6.46. The van der Waals surface area contributed by atoms with Gasteiger partial charge in [-0.15, -0.1) is 0 Å². The quantitative estimate of drug-likeness (QED) is 0.417. The zero-order valence-electron chi connectivity index (χ0n) is 11.6. The third-order valence-electron chi connectivity index (χ3n) is 3.34. The number of hydrogen-bond donors (Lipinski definition) is 0. The van der Waals surface area contributed by atoms with Gasteiger partial charge in [0.2, 0.25) is 0 Å². The van der Waals surface area contributed by atoms with Gasteiger partial charge in [-0.05, 0) is 23.8 Å². The fraction of sp³-hybridized carbons (Fsp3) is 0.0625. The lowest BCUT2D eigenvalue weighted by Crippen LogP contribution is -2.00. The number of methoxy groups -OCH3 is 1. The molecule has 0 atom stereocenters. The molecule has 0 radical (unpaired) electrons. The molecular weight excluding hydrogens is 286 g/mol. The SMILES string of the molecule is COC(=O)c1ccc(-c2c([N+](=O)[O-])oc3ccccc23)cc1. The molecule has 0 aliphatic carbocycles. The molecule has 0 bridgehead atoms. The van der Waals surface area contributed by atoms with Crippen molar-refractivity contribution in [3.05, 3.63) is 64.2 Å². The van der Waals surface area contributed by atoms with E-state index >= 15 is 0 Å². The van der Waals surface area contributed by atoms with E-state index in [1.54, 1.807) is 48.5 Å². The van der Waals surface area contributed by atoms with Gasteiger partial charge < -0.3 is 9.15 Å². The minimum absolute atomic E-state index is 0.313. The van der Waals surface area contributed by atoms with Crippen LogP contribution in [0.4, 0.5) is 5.88 Å². The molecule has 22 heavy (non-hydrogen) atoms. The minimum atomic E-state index is -0.552. The van der Waals surface area contributed by atoms with Crippen LogP contribution in [0.5, 0.6) is 0 Å². The number of hydrogen-bond acceptors (Lipinski definition) is 5. The average molecular weight is 297 g/mol. The smallest absolute Gasteiger partial charge is 0.442 e. The number of para-hydroxylation sites is 1.